The Morgan fingerprint density at radius 3 is 0.500 bits per heavy atom. The molecule has 40 heavy (non-hydrogen) atoms. The van der Waals surface area contributed by atoms with Crippen LogP contribution in [0, 0.1) is 0 Å². The van der Waals surface area contributed by atoms with Gasteiger partial charge in [0, 0.05) is 33.4 Å². The van der Waals surface area contributed by atoms with Crippen LogP contribution >= 0.6 is 0 Å². The Kier molecular flexibility index (Phi) is 35.7. The fourth-order valence-electron chi connectivity index (χ4n) is 2.60. The maximum atomic E-state index is 12.1. The molecule has 0 spiro atoms. The van der Waals surface area contributed by atoms with Gasteiger partial charge in [-0.3, -0.25) is 24.0 Å². The number of ketones is 5. The van der Waals surface area contributed by atoms with Crippen molar-refractivity contribution in [2.45, 2.75) is 0 Å². The van der Waals surface area contributed by atoms with Crippen molar-refractivity contribution in [3.05, 3.63) is 33.4 Å². The first-order chi connectivity index (χ1) is 15.5. The fourth-order valence-corrected chi connectivity index (χ4v) is 2.60. The second-order valence-electron chi connectivity index (χ2n) is 5.62. The molecule has 0 atom stereocenters. The number of hydrogen-bond donors (Lipinski definition) is 0. The van der Waals surface area contributed by atoms with Crippen LogP contribution in [-0.4, -0.2) is 64.7 Å². The van der Waals surface area contributed by atoms with Crippen molar-refractivity contribution in [3.8, 4) is 0 Å². The molecule has 176 valence electrons. The molecule has 0 bridgehead atoms. The van der Waals surface area contributed by atoms with E-state index >= 15 is 0 Å². The van der Waals surface area contributed by atoms with Crippen molar-refractivity contribution in [2.24, 2.45) is 0 Å². The number of rotatable bonds is 11. The molecule has 0 unspecified atom stereocenters. The van der Waals surface area contributed by atoms with E-state index in [0.717, 1.165) is 0 Å². The molecule has 0 fully saturated rings. The second-order valence-corrected chi connectivity index (χ2v) is 5.62. The van der Waals surface area contributed by atoms with Crippen LogP contribution in [0.25, 0.3) is 0 Å². The monoisotopic (exact) mass is 710 g/mol. The minimum atomic E-state index is -3.04. The Balaban J connectivity index is -0.000000482. The molecule has 0 amide bonds. The summed E-state index contributed by atoms with van der Waals surface area (Å²) >= 11 is 0. The van der Waals surface area contributed by atoms with Crippen LogP contribution in [-0.2, 0) is 24.0 Å². The van der Waals surface area contributed by atoms with Gasteiger partial charge >= 0.3 is 308 Å². The smallest absolute Gasteiger partial charge is 0.545 e. The van der Waals surface area contributed by atoms with Crippen molar-refractivity contribution in [3.63, 3.8) is 0 Å². The number of Topliss-reactive ketones (excluding diaryl/α,β-unsaturated/α-hetero) is 5. The van der Waals surface area contributed by atoms with Crippen molar-refractivity contribution < 1.29 is 392 Å². The quantitative estimate of drug-likeness (QED) is 0.117. The number of carboxylic acid groups (broad SMARTS) is 6. The predicted molar refractivity (Wildman–Crippen MR) is 77.5 cm³/mol. The summed E-state index contributed by atoms with van der Waals surface area (Å²) in [5, 5.41) is 66.8. The first-order valence-electron chi connectivity index (χ1n) is 7.72. The number of hydrogen-bond acceptors (Lipinski definition) is 17. The molecule has 0 aliphatic heterocycles. The summed E-state index contributed by atoms with van der Waals surface area (Å²) < 4.78 is 0. The van der Waals surface area contributed by atoms with E-state index in [2.05, 4.69) is 0 Å². The fraction of sp³-hybridized carbons (Fsp3) is 0. The van der Waals surface area contributed by atoms with E-state index in [1.165, 1.54) is 0 Å². The van der Waals surface area contributed by atoms with Crippen LogP contribution in [0.1, 0.15) is 62.1 Å². The van der Waals surface area contributed by atoms with Gasteiger partial charge in [-0.1, -0.05) is 0 Å². The standard InChI is InChI=1S/C17H6O17.6K/c18-7(13(25)26)1-2(8(19)14(27)28)4(10(21)16(31)32)6(12(23)24)5(11(22)17(33)34)3(1)9(20)15(29)30;;;;;;/h(H,23,24)(H,25,26)(H,27,28)(H,29,30)(H,31,32)(H,33,34);;;;;;/q;6*+1/p-6. The van der Waals surface area contributed by atoms with Crippen molar-refractivity contribution >= 4 is 64.7 Å². The normalized spacial score (nSPS) is 8.50. The van der Waals surface area contributed by atoms with Gasteiger partial charge in [-0.05, 0) is 0 Å². The van der Waals surface area contributed by atoms with Gasteiger partial charge in [0.05, 0.1) is 5.97 Å². The van der Waals surface area contributed by atoms with Gasteiger partial charge in [0.2, 0.25) is 28.9 Å². The third-order valence-electron chi connectivity index (χ3n) is 3.77. The molecule has 0 saturated heterocycles. The molecule has 0 aliphatic carbocycles. The van der Waals surface area contributed by atoms with Gasteiger partial charge in [-0.15, -0.1) is 0 Å². The van der Waals surface area contributed by atoms with Crippen LogP contribution in [0.2, 0.25) is 0 Å². The summed E-state index contributed by atoms with van der Waals surface area (Å²) in [5.41, 5.74) is -14.5. The van der Waals surface area contributed by atoms with E-state index < -0.39 is 98.1 Å². The average molecular weight is 711 g/mol. The van der Waals surface area contributed by atoms with Gasteiger partial charge in [0.1, 0.15) is 29.8 Å². The first kappa shape index (κ1) is 56.5. The molecule has 1 aromatic rings. The number of carboxylic acids is 6. The van der Waals surface area contributed by atoms with Crippen LogP contribution in [0.15, 0.2) is 0 Å². The molecule has 23 heteroatoms. The molecule has 0 N–H and O–H groups in total. The number of aromatic carboxylic acids is 1. The third-order valence-corrected chi connectivity index (χ3v) is 3.77. The average Bonchev–Trinajstić information content (AvgIpc) is 2.73. The van der Waals surface area contributed by atoms with E-state index in [9.17, 15) is 83.4 Å². The maximum absolute atomic E-state index is 12.1. The van der Waals surface area contributed by atoms with E-state index in [1.54, 1.807) is 0 Å². The zero-order chi connectivity index (χ0) is 26.8. The molecule has 1 rings (SSSR count). The number of carbonyl (C=O) groups is 11. The summed E-state index contributed by atoms with van der Waals surface area (Å²) in [5.74, 6) is -32.2. The minimum Gasteiger partial charge on any atom is -0.545 e. The largest absolute Gasteiger partial charge is 1.00 e. The first-order valence-corrected chi connectivity index (χ1v) is 7.72. The van der Waals surface area contributed by atoms with Crippen LogP contribution in [0.4, 0.5) is 0 Å². The van der Waals surface area contributed by atoms with E-state index in [1.807, 2.05) is 0 Å². The van der Waals surface area contributed by atoms with Crippen molar-refractivity contribution in [2.75, 3.05) is 0 Å². The molecular formula is C17K6O17. The zero-order valence-electron chi connectivity index (χ0n) is 21.4. The summed E-state index contributed by atoms with van der Waals surface area (Å²) in [6.45, 7) is 0. The van der Waals surface area contributed by atoms with Gasteiger partial charge in [0.25, 0.3) is 0 Å². The predicted octanol–water partition coefficient (Wildman–Crippen LogP) is -28.3. The van der Waals surface area contributed by atoms with Gasteiger partial charge in [0.15, 0.2) is 0 Å². The molecule has 0 radical (unpaired) electrons. The molecule has 0 aromatic heterocycles. The third kappa shape index (κ3) is 13.7. The SMILES string of the molecule is O=C([O-])C(=O)c1c(C(=O)[O-])c(C(=O)C(=O)[O-])c(C(=O)C(=O)[O-])c(C(=O)C(=O)[O-])c1C(=O)C(=O)[O-].[K+].[K+].[K+].[K+].[K+].[K+]. The Morgan fingerprint density at radius 1 is 0.275 bits per heavy atom. The van der Waals surface area contributed by atoms with E-state index in [-0.39, 0.29) is 308 Å². The van der Waals surface area contributed by atoms with Gasteiger partial charge < -0.3 is 59.4 Å². The Labute approximate surface area is 476 Å². The second kappa shape index (κ2) is 25.3. The number of aliphatic carboxylic acids is 5. The molecule has 0 aliphatic rings. The summed E-state index contributed by atoms with van der Waals surface area (Å²) in [7, 11) is 0. The summed E-state index contributed by atoms with van der Waals surface area (Å²) in [6.07, 6.45) is 0. The molecule has 0 heterocycles. The van der Waals surface area contributed by atoms with E-state index in [4.69, 9.17) is 0 Å². The van der Waals surface area contributed by atoms with Crippen molar-refractivity contribution in [1.29, 1.82) is 0 Å². The van der Waals surface area contributed by atoms with E-state index in [0.29, 0.717) is 0 Å². The molecule has 1 aromatic carbocycles. The maximum Gasteiger partial charge on any atom is 1.00 e. The van der Waals surface area contributed by atoms with Crippen LogP contribution in [0.5, 0.6) is 0 Å². The van der Waals surface area contributed by atoms with Crippen LogP contribution in [0.3, 0.4) is 0 Å². The molecule has 0 saturated carbocycles. The Bertz CT molecular complexity index is 1240. The van der Waals surface area contributed by atoms with Gasteiger partial charge in [-0.2, -0.15) is 0 Å². The summed E-state index contributed by atoms with van der Waals surface area (Å²) in [4.78, 5) is 127. The zero-order valence-corrected chi connectivity index (χ0v) is 40.2. The van der Waals surface area contributed by atoms with Crippen LogP contribution < -0.4 is 339 Å². The van der Waals surface area contributed by atoms with Gasteiger partial charge in [-0.25, -0.2) is 0 Å². The Hall–Kier alpha value is 4.21. The molecule has 17 nitrogen and oxygen atoms in total. The number of benzene rings is 1. The summed E-state index contributed by atoms with van der Waals surface area (Å²) in [6, 6.07) is 0. The Morgan fingerprint density at radius 2 is 0.400 bits per heavy atom. The minimum absolute atomic E-state index is 0. The van der Waals surface area contributed by atoms with Crippen molar-refractivity contribution in [1.82, 2.24) is 0 Å². The topological polar surface area (TPSA) is 326 Å². The number of carbonyl (C=O) groups excluding carboxylic acids is 11. The molecular weight excluding hydrogens is 711 g/mol.